The van der Waals surface area contributed by atoms with Crippen molar-refractivity contribution in [1.82, 2.24) is 10.2 Å². The second kappa shape index (κ2) is 8.50. The van der Waals surface area contributed by atoms with Gasteiger partial charge in [-0.3, -0.25) is 9.69 Å². The van der Waals surface area contributed by atoms with Gasteiger partial charge in [0.05, 0.1) is 13.2 Å². The van der Waals surface area contributed by atoms with E-state index < -0.39 is 0 Å². The van der Waals surface area contributed by atoms with Crippen molar-refractivity contribution in [3.63, 3.8) is 0 Å². The van der Waals surface area contributed by atoms with Crippen molar-refractivity contribution in [3.05, 3.63) is 65.2 Å². The van der Waals surface area contributed by atoms with E-state index in [1.54, 1.807) is 7.11 Å². The van der Waals surface area contributed by atoms with Gasteiger partial charge in [0.1, 0.15) is 5.75 Å². The molecule has 0 saturated heterocycles. The lowest BCUT2D eigenvalue weighted by molar-refractivity contribution is -0.125. The molecule has 0 aliphatic heterocycles. The molecule has 24 heavy (non-hydrogen) atoms. The van der Waals surface area contributed by atoms with Crippen molar-refractivity contribution >= 4 is 5.91 Å². The van der Waals surface area contributed by atoms with Crippen LogP contribution in [0.2, 0.25) is 0 Å². The number of nitrogens with zero attached hydrogens (tertiary/aromatic N) is 1. The number of nitrogens with one attached hydrogen (secondary N) is 1. The molecule has 1 amide bonds. The van der Waals surface area contributed by atoms with E-state index in [2.05, 4.69) is 24.4 Å². The maximum absolute atomic E-state index is 12.3. The van der Waals surface area contributed by atoms with Crippen LogP contribution in [0.15, 0.2) is 48.5 Å². The number of methoxy groups -OCH3 is 1. The van der Waals surface area contributed by atoms with Gasteiger partial charge in [-0.05, 0) is 44.2 Å². The molecule has 0 aliphatic rings. The molecule has 0 saturated carbocycles. The van der Waals surface area contributed by atoms with Crippen LogP contribution in [0.4, 0.5) is 0 Å². The topological polar surface area (TPSA) is 41.6 Å². The molecule has 2 rings (SSSR count). The Hall–Kier alpha value is -2.33. The Morgan fingerprint density at radius 2 is 1.67 bits per heavy atom. The number of rotatable bonds is 7. The van der Waals surface area contributed by atoms with E-state index in [4.69, 9.17) is 4.74 Å². The van der Waals surface area contributed by atoms with Gasteiger partial charge in [-0.1, -0.05) is 42.0 Å². The minimum absolute atomic E-state index is 0.0339. The number of hydrogen-bond acceptors (Lipinski definition) is 3. The Morgan fingerprint density at radius 3 is 2.25 bits per heavy atom. The van der Waals surface area contributed by atoms with Gasteiger partial charge in [-0.15, -0.1) is 0 Å². The molecular weight excluding hydrogens is 300 g/mol. The molecule has 1 atom stereocenters. The molecule has 1 unspecified atom stereocenters. The fraction of sp³-hybridized carbons (Fsp3) is 0.350. The van der Waals surface area contributed by atoms with E-state index >= 15 is 0 Å². The van der Waals surface area contributed by atoms with Crippen molar-refractivity contribution in [2.45, 2.75) is 33.0 Å². The molecule has 4 nitrogen and oxygen atoms in total. The van der Waals surface area contributed by atoms with E-state index in [0.717, 1.165) is 16.9 Å². The van der Waals surface area contributed by atoms with E-state index in [1.165, 1.54) is 5.56 Å². The van der Waals surface area contributed by atoms with Crippen molar-refractivity contribution in [2.24, 2.45) is 0 Å². The monoisotopic (exact) mass is 326 g/mol. The molecule has 2 aromatic rings. The summed E-state index contributed by atoms with van der Waals surface area (Å²) in [6.07, 6.45) is 0. The van der Waals surface area contributed by atoms with Crippen LogP contribution in [-0.2, 0) is 17.9 Å². The molecule has 128 valence electrons. The molecular formula is C20H26N2O2. The van der Waals surface area contributed by atoms with Crippen LogP contribution in [0.25, 0.3) is 0 Å². The van der Waals surface area contributed by atoms with E-state index in [9.17, 15) is 4.79 Å². The maximum Gasteiger partial charge on any atom is 0.237 e. The van der Waals surface area contributed by atoms with Gasteiger partial charge >= 0.3 is 0 Å². The third-order valence-corrected chi connectivity index (χ3v) is 4.22. The Bertz CT molecular complexity index is 650. The second-order valence-corrected chi connectivity index (χ2v) is 6.14. The zero-order valence-electron chi connectivity index (χ0n) is 14.9. The highest BCUT2D eigenvalue weighted by Gasteiger charge is 2.17. The SMILES string of the molecule is COc1ccc(CN(C)C(C)C(=O)NCc2ccc(C)cc2)cc1. The standard InChI is InChI=1S/C20H26N2O2/c1-15-5-7-17(8-6-15)13-21-20(23)16(2)22(3)14-18-9-11-19(24-4)12-10-18/h5-12,16H,13-14H2,1-4H3,(H,21,23). The number of amides is 1. The molecule has 4 heteroatoms. The quantitative estimate of drug-likeness (QED) is 0.850. The first-order valence-corrected chi connectivity index (χ1v) is 8.16. The summed E-state index contributed by atoms with van der Waals surface area (Å²) < 4.78 is 5.16. The van der Waals surface area contributed by atoms with Crippen molar-refractivity contribution in [2.75, 3.05) is 14.2 Å². The van der Waals surface area contributed by atoms with E-state index in [1.807, 2.05) is 55.3 Å². The molecule has 1 N–H and O–H groups in total. The normalized spacial score (nSPS) is 12.0. The smallest absolute Gasteiger partial charge is 0.237 e. The van der Waals surface area contributed by atoms with Crippen molar-refractivity contribution < 1.29 is 9.53 Å². The summed E-state index contributed by atoms with van der Waals surface area (Å²) in [6, 6.07) is 15.9. The summed E-state index contributed by atoms with van der Waals surface area (Å²) in [4.78, 5) is 14.4. The Kier molecular flexibility index (Phi) is 6.38. The highest BCUT2D eigenvalue weighted by Crippen LogP contribution is 2.13. The first-order valence-electron chi connectivity index (χ1n) is 8.16. The molecule has 0 bridgehead atoms. The zero-order valence-corrected chi connectivity index (χ0v) is 14.9. The van der Waals surface area contributed by atoms with E-state index in [-0.39, 0.29) is 11.9 Å². The van der Waals surface area contributed by atoms with Crippen LogP contribution in [0, 0.1) is 6.92 Å². The van der Waals surface area contributed by atoms with Crippen molar-refractivity contribution in [3.8, 4) is 5.75 Å². The van der Waals surface area contributed by atoms with Crippen LogP contribution in [0.5, 0.6) is 5.75 Å². The van der Waals surface area contributed by atoms with Crippen LogP contribution in [0.3, 0.4) is 0 Å². The summed E-state index contributed by atoms with van der Waals surface area (Å²) >= 11 is 0. The average molecular weight is 326 g/mol. The minimum Gasteiger partial charge on any atom is -0.497 e. The van der Waals surface area contributed by atoms with Crippen LogP contribution in [0.1, 0.15) is 23.6 Å². The van der Waals surface area contributed by atoms with Crippen molar-refractivity contribution in [1.29, 1.82) is 0 Å². The Balaban J connectivity index is 1.85. The lowest BCUT2D eigenvalue weighted by Crippen LogP contribution is -2.42. The number of likely N-dealkylation sites (N-methyl/N-ethyl adjacent to an activating group) is 1. The molecule has 0 heterocycles. The minimum atomic E-state index is -0.197. The van der Waals surface area contributed by atoms with Gasteiger partial charge in [0.15, 0.2) is 0 Å². The molecule has 0 spiro atoms. The first kappa shape index (κ1) is 18.0. The number of hydrogen-bond donors (Lipinski definition) is 1. The fourth-order valence-electron chi connectivity index (χ4n) is 2.40. The third-order valence-electron chi connectivity index (χ3n) is 4.22. The van der Waals surface area contributed by atoms with Gasteiger partial charge in [0.2, 0.25) is 5.91 Å². The van der Waals surface area contributed by atoms with Gasteiger partial charge in [-0.25, -0.2) is 0 Å². The highest BCUT2D eigenvalue weighted by atomic mass is 16.5. The predicted molar refractivity (Wildman–Crippen MR) is 96.9 cm³/mol. The van der Waals surface area contributed by atoms with Crippen LogP contribution >= 0.6 is 0 Å². The highest BCUT2D eigenvalue weighted by molar-refractivity contribution is 5.81. The Morgan fingerprint density at radius 1 is 1.08 bits per heavy atom. The van der Waals surface area contributed by atoms with Gasteiger partial charge in [-0.2, -0.15) is 0 Å². The largest absolute Gasteiger partial charge is 0.497 e. The zero-order chi connectivity index (χ0) is 17.5. The second-order valence-electron chi connectivity index (χ2n) is 6.14. The molecule has 2 aromatic carbocycles. The average Bonchev–Trinajstić information content (AvgIpc) is 2.61. The number of carbonyl (C=O) groups is 1. The summed E-state index contributed by atoms with van der Waals surface area (Å²) in [5.74, 6) is 0.872. The fourth-order valence-corrected chi connectivity index (χ4v) is 2.40. The summed E-state index contributed by atoms with van der Waals surface area (Å²) in [7, 11) is 3.61. The number of benzene rings is 2. The van der Waals surface area contributed by atoms with Gasteiger partial charge in [0, 0.05) is 13.1 Å². The lowest BCUT2D eigenvalue weighted by atomic mass is 10.1. The molecule has 0 fully saturated rings. The van der Waals surface area contributed by atoms with Gasteiger partial charge < -0.3 is 10.1 Å². The third kappa shape index (κ3) is 5.10. The predicted octanol–water partition coefficient (Wildman–Crippen LogP) is 3.14. The van der Waals surface area contributed by atoms with Gasteiger partial charge in [0.25, 0.3) is 0 Å². The molecule has 0 radical (unpaired) electrons. The summed E-state index contributed by atoms with van der Waals surface area (Å²) in [5, 5.41) is 3.00. The number of carbonyl (C=O) groups excluding carboxylic acids is 1. The summed E-state index contributed by atoms with van der Waals surface area (Å²) in [6.45, 7) is 5.25. The lowest BCUT2D eigenvalue weighted by Gasteiger charge is -2.24. The maximum atomic E-state index is 12.3. The number of aryl methyl sites for hydroxylation is 1. The van der Waals surface area contributed by atoms with E-state index in [0.29, 0.717) is 13.1 Å². The molecule has 0 aliphatic carbocycles. The van der Waals surface area contributed by atoms with Crippen LogP contribution < -0.4 is 10.1 Å². The Labute approximate surface area is 144 Å². The van der Waals surface area contributed by atoms with Crippen LogP contribution in [-0.4, -0.2) is 31.0 Å². The molecule has 0 aromatic heterocycles. The number of ether oxygens (including phenoxy) is 1. The first-order chi connectivity index (χ1) is 11.5. The summed E-state index contributed by atoms with van der Waals surface area (Å²) in [5.41, 5.74) is 3.48.